The van der Waals surface area contributed by atoms with E-state index in [2.05, 4.69) is 26.9 Å². The fourth-order valence-corrected chi connectivity index (χ4v) is 3.88. The van der Waals surface area contributed by atoms with Crippen molar-refractivity contribution in [2.75, 3.05) is 24.2 Å². The number of nitrogens with one attached hydrogen (secondary N) is 2. The molecule has 2 N–H and O–H groups in total. The minimum absolute atomic E-state index is 0.0345. The van der Waals surface area contributed by atoms with Gasteiger partial charge in [-0.2, -0.15) is 5.26 Å². The number of aryl methyl sites for hydroxylation is 1. The van der Waals surface area contributed by atoms with E-state index in [9.17, 15) is 9.18 Å². The Labute approximate surface area is 184 Å². The van der Waals surface area contributed by atoms with E-state index in [1.807, 2.05) is 42.7 Å². The molecule has 0 atom stereocenters. The van der Waals surface area contributed by atoms with Gasteiger partial charge in [0.15, 0.2) is 11.0 Å². The highest BCUT2D eigenvalue weighted by Gasteiger charge is 2.14. The molecule has 0 radical (unpaired) electrons. The molecule has 2 aromatic carbocycles. The van der Waals surface area contributed by atoms with Crippen LogP contribution in [0, 0.1) is 24.1 Å². The van der Waals surface area contributed by atoms with Crippen LogP contribution in [0.15, 0.2) is 47.6 Å². The van der Waals surface area contributed by atoms with Crippen molar-refractivity contribution in [2.24, 2.45) is 0 Å². The van der Waals surface area contributed by atoms with E-state index in [-0.39, 0.29) is 17.2 Å². The maximum atomic E-state index is 13.6. The zero-order chi connectivity index (χ0) is 22.2. The molecule has 31 heavy (non-hydrogen) atoms. The molecule has 0 aliphatic carbocycles. The summed E-state index contributed by atoms with van der Waals surface area (Å²) in [5.74, 6) is 0.268. The second-order valence-electron chi connectivity index (χ2n) is 6.76. The van der Waals surface area contributed by atoms with Crippen LogP contribution in [-0.4, -0.2) is 39.5 Å². The van der Waals surface area contributed by atoms with Crippen LogP contribution in [0.25, 0.3) is 11.4 Å². The smallest absolute Gasteiger partial charge is 0.230 e. The van der Waals surface area contributed by atoms with E-state index < -0.39 is 5.82 Å². The Kier molecular flexibility index (Phi) is 7.62. The molecule has 1 aromatic heterocycles. The quantitative estimate of drug-likeness (QED) is 0.391. The third kappa shape index (κ3) is 5.61. The zero-order valence-electron chi connectivity index (χ0n) is 17.4. The summed E-state index contributed by atoms with van der Waals surface area (Å²) in [5.41, 5.74) is 2.51. The van der Waals surface area contributed by atoms with E-state index in [1.165, 1.54) is 23.9 Å². The topological polar surface area (TPSA) is 95.6 Å². The van der Waals surface area contributed by atoms with Gasteiger partial charge >= 0.3 is 0 Å². The summed E-state index contributed by atoms with van der Waals surface area (Å²) >= 11 is 1.33. The predicted octanol–water partition coefficient (Wildman–Crippen LogP) is 3.60. The van der Waals surface area contributed by atoms with Crippen LogP contribution in [0.4, 0.5) is 10.1 Å². The van der Waals surface area contributed by atoms with Crippen molar-refractivity contribution in [1.82, 2.24) is 20.1 Å². The Morgan fingerprint density at radius 2 is 2.03 bits per heavy atom. The molecule has 0 saturated carbocycles. The highest BCUT2D eigenvalue weighted by molar-refractivity contribution is 7.99. The van der Waals surface area contributed by atoms with Crippen molar-refractivity contribution in [2.45, 2.75) is 25.5 Å². The molecule has 1 heterocycles. The molecule has 0 saturated heterocycles. The monoisotopic (exact) mass is 438 g/mol. The molecular formula is C22H23FN6OS. The lowest BCUT2D eigenvalue weighted by molar-refractivity contribution is -0.118. The molecule has 160 valence electrons. The van der Waals surface area contributed by atoms with Gasteiger partial charge in [0, 0.05) is 25.2 Å². The van der Waals surface area contributed by atoms with Gasteiger partial charge in [-0.3, -0.25) is 4.79 Å². The number of benzene rings is 2. The third-order valence-corrected chi connectivity index (χ3v) is 5.50. The van der Waals surface area contributed by atoms with Gasteiger partial charge in [-0.05, 0) is 32.0 Å². The number of anilines is 1. The SMILES string of the molecule is CCn1c(SCC(=O)NCCNc2cccc(F)c2C#N)nnc1-c1cccc(C)c1. The Morgan fingerprint density at radius 1 is 1.23 bits per heavy atom. The van der Waals surface area contributed by atoms with E-state index in [1.54, 1.807) is 6.07 Å². The number of hydrogen-bond acceptors (Lipinski definition) is 6. The van der Waals surface area contributed by atoms with Crippen LogP contribution in [-0.2, 0) is 11.3 Å². The first-order valence-corrected chi connectivity index (χ1v) is 10.8. The molecule has 0 unspecified atom stereocenters. The summed E-state index contributed by atoms with van der Waals surface area (Å²) < 4.78 is 15.6. The summed E-state index contributed by atoms with van der Waals surface area (Å²) in [6.45, 7) is 5.45. The predicted molar refractivity (Wildman–Crippen MR) is 119 cm³/mol. The number of amides is 1. The van der Waals surface area contributed by atoms with Crippen molar-refractivity contribution in [3.05, 3.63) is 59.4 Å². The number of halogens is 1. The van der Waals surface area contributed by atoms with Gasteiger partial charge < -0.3 is 15.2 Å². The van der Waals surface area contributed by atoms with Crippen LogP contribution in [0.2, 0.25) is 0 Å². The van der Waals surface area contributed by atoms with Gasteiger partial charge in [0.25, 0.3) is 0 Å². The minimum atomic E-state index is -0.571. The number of nitrogens with zero attached hydrogens (tertiary/aromatic N) is 4. The van der Waals surface area contributed by atoms with Crippen LogP contribution < -0.4 is 10.6 Å². The standard InChI is InChI=1S/C22H23FN6OS/c1-3-29-21(16-7-4-6-15(2)12-16)27-28-22(29)31-14-20(30)26-11-10-25-19-9-5-8-18(23)17(19)13-24/h4-9,12,25H,3,10-11,14H2,1-2H3,(H,26,30). The lowest BCUT2D eigenvalue weighted by Gasteiger charge is -2.10. The largest absolute Gasteiger partial charge is 0.382 e. The van der Waals surface area contributed by atoms with E-state index in [0.717, 1.165) is 17.0 Å². The van der Waals surface area contributed by atoms with E-state index in [4.69, 9.17) is 5.26 Å². The summed E-state index contributed by atoms with van der Waals surface area (Å²) in [6.07, 6.45) is 0. The fraction of sp³-hybridized carbons (Fsp3) is 0.273. The van der Waals surface area contributed by atoms with Crippen LogP contribution in [0.1, 0.15) is 18.1 Å². The van der Waals surface area contributed by atoms with Gasteiger partial charge in [-0.15, -0.1) is 10.2 Å². The van der Waals surface area contributed by atoms with Gasteiger partial charge in [0.2, 0.25) is 5.91 Å². The number of carbonyl (C=O) groups is 1. The highest BCUT2D eigenvalue weighted by atomic mass is 32.2. The third-order valence-electron chi connectivity index (χ3n) is 4.53. The maximum Gasteiger partial charge on any atom is 0.230 e. The highest BCUT2D eigenvalue weighted by Crippen LogP contribution is 2.24. The van der Waals surface area contributed by atoms with Crippen LogP contribution in [0.5, 0.6) is 0 Å². The fourth-order valence-electron chi connectivity index (χ4n) is 3.04. The second-order valence-corrected chi connectivity index (χ2v) is 7.70. The van der Waals surface area contributed by atoms with Gasteiger partial charge in [-0.1, -0.05) is 41.6 Å². The van der Waals surface area contributed by atoms with E-state index >= 15 is 0 Å². The Hall–Kier alpha value is -3.38. The van der Waals surface area contributed by atoms with Gasteiger partial charge in [-0.25, -0.2) is 4.39 Å². The zero-order valence-corrected chi connectivity index (χ0v) is 18.2. The van der Waals surface area contributed by atoms with Crippen LogP contribution >= 0.6 is 11.8 Å². The number of nitriles is 1. The number of aromatic nitrogens is 3. The summed E-state index contributed by atoms with van der Waals surface area (Å²) in [5, 5.41) is 24.0. The molecule has 3 aromatic rings. The average Bonchev–Trinajstić information content (AvgIpc) is 3.18. The van der Waals surface area contributed by atoms with Crippen molar-refractivity contribution < 1.29 is 9.18 Å². The van der Waals surface area contributed by atoms with Crippen molar-refractivity contribution in [1.29, 1.82) is 5.26 Å². The molecule has 0 fully saturated rings. The van der Waals surface area contributed by atoms with Crippen LogP contribution in [0.3, 0.4) is 0 Å². The van der Waals surface area contributed by atoms with Crippen molar-refractivity contribution in [3.8, 4) is 17.5 Å². The van der Waals surface area contributed by atoms with Gasteiger partial charge in [0.1, 0.15) is 17.4 Å². The Bertz CT molecular complexity index is 1110. The molecule has 7 nitrogen and oxygen atoms in total. The minimum Gasteiger partial charge on any atom is -0.382 e. The van der Waals surface area contributed by atoms with Crippen molar-refractivity contribution >= 4 is 23.4 Å². The number of rotatable bonds is 9. The number of thioether (sulfide) groups is 1. The first kappa shape index (κ1) is 22.3. The maximum absolute atomic E-state index is 13.6. The normalized spacial score (nSPS) is 10.5. The molecule has 0 bridgehead atoms. The van der Waals surface area contributed by atoms with Gasteiger partial charge in [0.05, 0.1) is 11.4 Å². The summed E-state index contributed by atoms with van der Waals surface area (Å²) in [7, 11) is 0. The molecule has 0 aliphatic rings. The first-order valence-electron chi connectivity index (χ1n) is 9.85. The average molecular weight is 439 g/mol. The van der Waals surface area contributed by atoms with E-state index in [0.29, 0.717) is 30.5 Å². The Morgan fingerprint density at radius 3 is 2.77 bits per heavy atom. The molecule has 0 spiro atoms. The number of carbonyl (C=O) groups excluding carboxylic acids is 1. The molecule has 1 amide bonds. The summed E-state index contributed by atoms with van der Waals surface area (Å²) in [4.78, 5) is 12.2. The first-order chi connectivity index (χ1) is 15.0. The lowest BCUT2D eigenvalue weighted by Crippen LogP contribution is -2.30. The second kappa shape index (κ2) is 10.6. The number of hydrogen-bond donors (Lipinski definition) is 2. The van der Waals surface area contributed by atoms with Crippen molar-refractivity contribution in [3.63, 3.8) is 0 Å². The molecular weight excluding hydrogens is 415 g/mol. The molecule has 3 rings (SSSR count). The summed E-state index contributed by atoms with van der Waals surface area (Å²) in [6, 6.07) is 14.3. The Balaban J connectivity index is 1.50. The molecule has 9 heteroatoms. The lowest BCUT2D eigenvalue weighted by atomic mass is 10.1. The molecule has 0 aliphatic heterocycles.